The van der Waals surface area contributed by atoms with E-state index in [1.54, 1.807) is 6.20 Å². The highest BCUT2D eigenvalue weighted by Gasteiger charge is 2.21. The Morgan fingerprint density at radius 3 is 2.79 bits per heavy atom. The molecule has 1 fully saturated rings. The van der Waals surface area contributed by atoms with Crippen molar-refractivity contribution in [3.63, 3.8) is 0 Å². The average molecular weight is 403 g/mol. The zero-order valence-corrected chi connectivity index (χ0v) is 16.0. The van der Waals surface area contributed by atoms with Gasteiger partial charge in [0.15, 0.2) is 0 Å². The maximum absolute atomic E-state index is 12.0. The highest BCUT2D eigenvalue weighted by molar-refractivity contribution is 8.00. The molecule has 0 unspecified atom stereocenters. The molecular formula is C18H21N5O4S. The van der Waals surface area contributed by atoms with Gasteiger partial charge in [0.2, 0.25) is 11.8 Å². The molecule has 148 valence electrons. The van der Waals surface area contributed by atoms with Crippen LogP contribution in [-0.4, -0.2) is 64.6 Å². The number of ether oxygens (including phenoxy) is 1. The van der Waals surface area contributed by atoms with Crippen LogP contribution in [0.15, 0.2) is 47.6 Å². The molecule has 2 aromatic rings. The van der Waals surface area contributed by atoms with Crippen molar-refractivity contribution in [2.24, 2.45) is 0 Å². The van der Waals surface area contributed by atoms with Gasteiger partial charge in [0, 0.05) is 24.2 Å². The highest BCUT2D eigenvalue weighted by atomic mass is 32.2. The molecule has 0 atom stereocenters. The van der Waals surface area contributed by atoms with Crippen LogP contribution in [-0.2, 0) is 20.9 Å². The van der Waals surface area contributed by atoms with E-state index in [-0.39, 0.29) is 30.2 Å². The number of hydrogen-bond donors (Lipinski definition) is 2. The van der Waals surface area contributed by atoms with Gasteiger partial charge in [-0.05, 0) is 12.1 Å². The largest absolute Gasteiger partial charge is 0.448 e. The quantitative estimate of drug-likeness (QED) is 0.609. The predicted molar refractivity (Wildman–Crippen MR) is 104 cm³/mol. The first-order chi connectivity index (χ1) is 13.6. The van der Waals surface area contributed by atoms with Crippen LogP contribution in [0.5, 0.6) is 0 Å². The third-order valence-corrected chi connectivity index (χ3v) is 4.90. The van der Waals surface area contributed by atoms with Gasteiger partial charge in [-0.1, -0.05) is 18.2 Å². The number of anilines is 1. The summed E-state index contributed by atoms with van der Waals surface area (Å²) in [6.07, 6.45) is 2.74. The van der Waals surface area contributed by atoms with Crippen LogP contribution in [0.3, 0.4) is 0 Å². The summed E-state index contributed by atoms with van der Waals surface area (Å²) >= 11 is 1.44. The smallest absolute Gasteiger partial charge is 0.409 e. The number of hydrogen-bond acceptors (Lipinski definition) is 6. The van der Waals surface area contributed by atoms with E-state index in [2.05, 4.69) is 15.7 Å². The Morgan fingerprint density at radius 2 is 2.04 bits per heavy atom. The van der Waals surface area contributed by atoms with E-state index in [9.17, 15) is 14.4 Å². The Morgan fingerprint density at radius 1 is 1.21 bits per heavy atom. The summed E-state index contributed by atoms with van der Waals surface area (Å²) in [4.78, 5) is 37.8. The van der Waals surface area contributed by atoms with E-state index < -0.39 is 0 Å². The molecule has 3 rings (SSSR count). The van der Waals surface area contributed by atoms with E-state index in [0.717, 1.165) is 4.90 Å². The van der Waals surface area contributed by atoms with E-state index >= 15 is 0 Å². The summed E-state index contributed by atoms with van der Waals surface area (Å²) in [5, 5.41) is 9.56. The topological polar surface area (TPSA) is 106 Å². The Hall–Kier alpha value is -3.01. The van der Waals surface area contributed by atoms with Crippen LogP contribution in [0.25, 0.3) is 0 Å². The van der Waals surface area contributed by atoms with Gasteiger partial charge in [-0.25, -0.2) is 4.79 Å². The van der Waals surface area contributed by atoms with Crippen molar-refractivity contribution in [1.82, 2.24) is 20.0 Å². The fraction of sp³-hybridized carbons (Fsp3) is 0.333. The molecule has 1 aliphatic rings. The molecule has 9 nitrogen and oxygen atoms in total. The molecule has 1 aromatic carbocycles. The van der Waals surface area contributed by atoms with E-state index in [1.165, 1.54) is 27.5 Å². The van der Waals surface area contributed by atoms with Crippen LogP contribution < -0.4 is 10.6 Å². The van der Waals surface area contributed by atoms with Gasteiger partial charge < -0.3 is 20.3 Å². The van der Waals surface area contributed by atoms with E-state index in [0.29, 0.717) is 31.9 Å². The number of rotatable bonds is 9. The molecule has 1 saturated heterocycles. The summed E-state index contributed by atoms with van der Waals surface area (Å²) < 4.78 is 6.26. The summed E-state index contributed by atoms with van der Waals surface area (Å²) in [5.74, 6) is -0.0854. The zero-order valence-electron chi connectivity index (χ0n) is 15.2. The van der Waals surface area contributed by atoms with Gasteiger partial charge in [0.1, 0.15) is 13.2 Å². The minimum absolute atomic E-state index is 0.0269. The van der Waals surface area contributed by atoms with Crippen molar-refractivity contribution in [1.29, 1.82) is 0 Å². The number of thioether (sulfide) groups is 1. The van der Waals surface area contributed by atoms with E-state index in [1.807, 2.05) is 30.3 Å². The second-order valence-electron chi connectivity index (χ2n) is 6.03. The standard InChI is InChI=1S/C18H21N5O4S/c24-16(19-6-7-22-8-9-27-18(22)26)12-23-11-14(10-20-23)21-17(25)13-28-15-4-2-1-3-5-15/h1-5,10-11H,6-9,12-13H2,(H,19,24)(H,21,25). The Balaban J connectivity index is 1.36. The lowest BCUT2D eigenvalue weighted by molar-refractivity contribution is -0.121. The Bertz CT molecular complexity index is 826. The van der Waals surface area contributed by atoms with Gasteiger partial charge in [-0.3, -0.25) is 14.3 Å². The van der Waals surface area contributed by atoms with Crippen molar-refractivity contribution in [2.45, 2.75) is 11.4 Å². The lowest BCUT2D eigenvalue weighted by atomic mass is 10.4. The maximum Gasteiger partial charge on any atom is 0.409 e. The van der Waals surface area contributed by atoms with Crippen molar-refractivity contribution in [2.75, 3.05) is 37.3 Å². The first kappa shape index (κ1) is 19.7. The highest BCUT2D eigenvalue weighted by Crippen LogP contribution is 2.17. The number of nitrogens with one attached hydrogen (secondary N) is 2. The molecule has 1 aliphatic heterocycles. The molecule has 0 aliphatic carbocycles. The molecule has 0 saturated carbocycles. The average Bonchev–Trinajstić information content (AvgIpc) is 3.30. The van der Waals surface area contributed by atoms with Gasteiger partial charge in [-0.15, -0.1) is 11.8 Å². The monoisotopic (exact) mass is 403 g/mol. The Labute approximate surface area is 166 Å². The molecular weight excluding hydrogens is 382 g/mol. The maximum atomic E-state index is 12.0. The normalized spacial score (nSPS) is 13.3. The summed E-state index contributed by atoms with van der Waals surface area (Å²) in [5.41, 5.74) is 0.534. The summed E-state index contributed by atoms with van der Waals surface area (Å²) in [6.45, 7) is 1.70. The van der Waals surface area contributed by atoms with Crippen molar-refractivity contribution >= 4 is 35.4 Å². The van der Waals surface area contributed by atoms with Gasteiger partial charge in [0.05, 0.1) is 24.2 Å². The van der Waals surface area contributed by atoms with Crippen LogP contribution >= 0.6 is 11.8 Å². The minimum atomic E-state index is -0.355. The van der Waals surface area contributed by atoms with Gasteiger partial charge >= 0.3 is 6.09 Å². The molecule has 10 heteroatoms. The predicted octanol–water partition coefficient (Wildman–Crippen LogP) is 1.18. The molecule has 0 radical (unpaired) electrons. The van der Waals surface area contributed by atoms with Crippen LogP contribution in [0.1, 0.15) is 0 Å². The molecule has 28 heavy (non-hydrogen) atoms. The Kier molecular flexibility index (Phi) is 6.90. The molecule has 0 spiro atoms. The fourth-order valence-electron chi connectivity index (χ4n) is 2.54. The number of carbonyl (C=O) groups excluding carboxylic acids is 3. The van der Waals surface area contributed by atoms with Crippen molar-refractivity contribution in [3.8, 4) is 0 Å². The van der Waals surface area contributed by atoms with Crippen molar-refractivity contribution < 1.29 is 19.1 Å². The number of cyclic esters (lactones) is 1. The van der Waals surface area contributed by atoms with Crippen LogP contribution in [0.4, 0.5) is 10.5 Å². The second-order valence-corrected chi connectivity index (χ2v) is 7.08. The first-order valence-corrected chi connectivity index (χ1v) is 9.77. The van der Waals surface area contributed by atoms with Crippen LogP contribution in [0, 0.1) is 0 Å². The lowest BCUT2D eigenvalue weighted by Crippen LogP contribution is -2.36. The first-order valence-electron chi connectivity index (χ1n) is 8.79. The van der Waals surface area contributed by atoms with Crippen molar-refractivity contribution in [3.05, 3.63) is 42.7 Å². The molecule has 2 heterocycles. The summed E-state index contributed by atoms with van der Waals surface area (Å²) in [7, 11) is 0. The lowest BCUT2D eigenvalue weighted by Gasteiger charge is -2.12. The minimum Gasteiger partial charge on any atom is -0.448 e. The number of nitrogens with zero attached hydrogens (tertiary/aromatic N) is 3. The molecule has 0 bridgehead atoms. The number of carbonyl (C=O) groups is 3. The molecule has 2 N–H and O–H groups in total. The fourth-order valence-corrected chi connectivity index (χ4v) is 3.26. The number of aromatic nitrogens is 2. The third kappa shape index (κ3) is 6.02. The van der Waals surface area contributed by atoms with E-state index in [4.69, 9.17) is 4.74 Å². The molecule has 3 amide bonds. The number of amides is 3. The van der Waals surface area contributed by atoms with Crippen LogP contribution in [0.2, 0.25) is 0 Å². The molecule has 1 aromatic heterocycles. The number of benzene rings is 1. The second kappa shape index (κ2) is 9.79. The zero-order chi connectivity index (χ0) is 19.8. The van der Waals surface area contributed by atoms with Gasteiger partial charge in [0.25, 0.3) is 0 Å². The SMILES string of the molecule is O=C(Cn1cc(NC(=O)CSc2ccccc2)cn1)NCCN1CCOC1=O. The third-order valence-electron chi connectivity index (χ3n) is 3.88. The summed E-state index contributed by atoms with van der Waals surface area (Å²) in [6, 6.07) is 9.66. The van der Waals surface area contributed by atoms with Gasteiger partial charge in [-0.2, -0.15) is 5.10 Å².